The summed E-state index contributed by atoms with van der Waals surface area (Å²) in [6.45, 7) is 4.81. The van der Waals surface area contributed by atoms with Crippen LogP contribution in [-0.4, -0.2) is 30.5 Å². The number of nitrogens with one attached hydrogen (secondary N) is 1. The third kappa shape index (κ3) is 4.36. The highest BCUT2D eigenvalue weighted by Gasteiger charge is 2.30. The van der Waals surface area contributed by atoms with Crippen LogP contribution < -0.4 is 14.8 Å². The molecule has 0 spiro atoms. The molecule has 2 aromatic carbocycles. The van der Waals surface area contributed by atoms with E-state index in [1.165, 1.54) is 12.6 Å². The van der Waals surface area contributed by atoms with Crippen LogP contribution in [-0.2, 0) is 11.4 Å². The van der Waals surface area contributed by atoms with Gasteiger partial charge in [-0.05, 0) is 43.2 Å². The Labute approximate surface area is 172 Å². The van der Waals surface area contributed by atoms with E-state index in [4.69, 9.17) is 9.47 Å². The molecule has 7 heteroatoms. The van der Waals surface area contributed by atoms with E-state index < -0.39 is 6.03 Å². The number of nitrogens with zero attached hydrogens (tertiary/aromatic N) is 1. The Balaban J connectivity index is 1.87. The van der Waals surface area contributed by atoms with Crippen molar-refractivity contribution in [2.45, 2.75) is 20.5 Å². The zero-order valence-electron chi connectivity index (χ0n) is 15.9. The van der Waals surface area contributed by atoms with Crippen LogP contribution in [0.2, 0.25) is 0 Å². The summed E-state index contributed by atoms with van der Waals surface area (Å²) < 4.78 is 12.4. The minimum absolute atomic E-state index is 0.212. The molecule has 1 fully saturated rings. The number of rotatable bonds is 6. The molecule has 0 aliphatic carbocycles. The van der Waals surface area contributed by atoms with E-state index in [1.54, 1.807) is 18.2 Å². The summed E-state index contributed by atoms with van der Waals surface area (Å²) in [6, 6.07) is 11.2. The van der Waals surface area contributed by atoms with Crippen molar-refractivity contribution in [3.63, 3.8) is 0 Å². The summed E-state index contributed by atoms with van der Waals surface area (Å²) in [5.74, 6) is 0.779. The Morgan fingerprint density at radius 1 is 1.14 bits per heavy atom. The molecule has 0 saturated carbocycles. The lowest BCUT2D eigenvalue weighted by Crippen LogP contribution is -2.25. The Kier molecular flexibility index (Phi) is 6.04. The number of hydrogen-bond donors (Lipinski definition) is 1. The molecule has 0 aromatic heterocycles. The predicted octanol–water partition coefficient (Wildman–Crippen LogP) is 4.26. The van der Waals surface area contributed by atoms with E-state index in [2.05, 4.69) is 27.3 Å². The lowest BCUT2D eigenvalue weighted by Gasteiger charge is -2.14. The van der Waals surface area contributed by atoms with Gasteiger partial charge in [0.25, 0.3) is 5.91 Å². The molecule has 3 rings (SSSR count). The monoisotopic (exact) mass is 444 g/mol. The summed E-state index contributed by atoms with van der Waals surface area (Å²) in [5.41, 5.74) is 3.14. The van der Waals surface area contributed by atoms with Gasteiger partial charge in [0.15, 0.2) is 11.5 Å². The standard InChI is InChI=1S/C21H21BrN2O4/c1-4-27-18-10-15(9-17-20(25)24(3)21(26)23-17)16(22)11-19(18)28-12-14-7-5-6-13(2)8-14/h5-11H,4,12H2,1-3H3,(H,23,26)/b17-9+. The smallest absolute Gasteiger partial charge is 0.328 e. The molecular formula is C21H21BrN2O4. The van der Waals surface area contributed by atoms with Gasteiger partial charge in [0, 0.05) is 11.5 Å². The van der Waals surface area contributed by atoms with Gasteiger partial charge in [-0.2, -0.15) is 0 Å². The molecule has 0 bridgehead atoms. The number of halogens is 1. The molecule has 146 valence electrons. The highest BCUT2D eigenvalue weighted by molar-refractivity contribution is 9.10. The minimum atomic E-state index is -0.449. The fourth-order valence-corrected chi connectivity index (χ4v) is 3.22. The van der Waals surface area contributed by atoms with Gasteiger partial charge in [0.2, 0.25) is 0 Å². The van der Waals surface area contributed by atoms with Gasteiger partial charge in [-0.25, -0.2) is 4.79 Å². The zero-order chi connectivity index (χ0) is 20.3. The number of amides is 3. The molecule has 1 aliphatic heterocycles. The van der Waals surface area contributed by atoms with Crippen LogP contribution in [0.15, 0.2) is 46.6 Å². The summed E-state index contributed by atoms with van der Waals surface area (Å²) >= 11 is 3.51. The zero-order valence-corrected chi connectivity index (χ0v) is 17.5. The maximum atomic E-state index is 12.1. The molecule has 0 radical (unpaired) electrons. The van der Waals surface area contributed by atoms with Crippen LogP contribution in [0, 0.1) is 6.92 Å². The van der Waals surface area contributed by atoms with Crippen LogP contribution in [0.5, 0.6) is 11.5 Å². The second-order valence-electron chi connectivity index (χ2n) is 6.38. The first kappa shape index (κ1) is 19.9. The maximum absolute atomic E-state index is 12.1. The molecule has 1 N–H and O–H groups in total. The number of carbonyl (C=O) groups excluding carboxylic acids is 2. The van der Waals surface area contributed by atoms with Crippen molar-refractivity contribution >= 4 is 33.9 Å². The quantitative estimate of drug-likeness (QED) is 0.533. The largest absolute Gasteiger partial charge is 0.490 e. The Morgan fingerprint density at radius 2 is 1.89 bits per heavy atom. The minimum Gasteiger partial charge on any atom is -0.490 e. The van der Waals surface area contributed by atoms with E-state index in [0.29, 0.717) is 30.3 Å². The van der Waals surface area contributed by atoms with Crippen molar-refractivity contribution in [3.05, 3.63) is 63.3 Å². The highest BCUT2D eigenvalue weighted by Crippen LogP contribution is 2.35. The number of hydrogen-bond acceptors (Lipinski definition) is 4. The normalized spacial score (nSPS) is 15.1. The third-order valence-electron chi connectivity index (χ3n) is 4.22. The van der Waals surface area contributed by atoms with Crippen molar-refractivity contribution < 1.29 is 19.1 Å². The number of imide groups is 1. The van der Waals surface area contributed by atoms with Crippen LogP contribution in [0.4, 0.5) is 4.79 Å². The average molecular weight is 445 g/mol. The molecule has 1 aliphatic rings. The molecule has 0 atom stereocenters. The first-order chi connectivity index (χ1) is 13.4. The summed E-state index contributed by atoms with van der Waals surface area (Å²) in [5, 5.41) is 2.55. The second-order valence-corrected chi connectivity index (χ2v) is 7.24. The number of urea groups is 1. The molecular weight excluding hydrogens is 424 g/mol. The molecule has 28 heavy (non-hydrogen) atoms. The first-order valence-electron chi connectivity index (χ1n) is 8.84. The fourth-order valence-electron chi connectivity index (χ4n) is 2.78. The lowest BCUT2D eigenvalue weighted by atomic mass is 10.1. The molecule has 0 unspecified atom stereocenters. The van der Waals surface area contributed by atoms with Gasteiger partial charge in [-0.15, -0.1) is 0 Å². The van der Waals surface area contributed by atoms with Crippen molar-refractivity contribution in [1.82, 2.24) is 10.2 Å². The maximum Gasteiger partial charge on any atom is 0.328 e. The van der Waals surface area contributed by atoms with E-state index >= 15 is 0 Å². The Morgan fingerprint density at radius 3 is 2.54 bits per heavy atom. The summed E-state index contributed by atoms with van der Waals surface area (Å²) in [7, 11) is 1.43. The van der Waals surface area contributed by atoms with Gasteiger partial charge in [-0.3, -0.25) is 9.69 Å². The van der Waals surface area contributed by atoms with Gasteiger partial charge in [0.05, 0.1) is 6.61 Å². The third-order valence-corrected chi connectivity index (χ3v) is 4.91. The lowest BCUT2D eigenvalue weighted by molar-refractivity contribution is -0.121. The predicted molar refractivity (Wildman–Crippen MR) is 110 cm³/mol. The van der Waals surface area contributed by atoms with Crippen molar-refractivity contribution in [3.8, 4) is 11.5 Å². The number of benzene rings is 2. The fraction of sp³-hybridized carbons (Fsp3) is 0.238. The summed E-state index contributed by atoms with van der Waals surface area (Å²) in [6.07, 6.45) is 1.61. The number of aryl methyl sites for hydroxylation is 1. The van der Waals surface area contributed by atoms with E-state index in [-0.39, 0.29) is 11.6 Å². The Hall–Kier alpha value is -2.80. The Bertz CT molecular complexity index is 955. The van der Waals surface area contributed by atoms with E-state index in [9.17, 15) is 9.59 Å². The first-order valence-corrected chi connectivity index (χ1v) is 9.63. The molecule has 2 aromatic rings. The van der Waals surface area contributed by atoms with Crippen LogP contribution in [0.1, 0.15) is 23.6 Å². The van der Waals surface area contributed by atoms with Gasteiger partial charge >= 0.3 is 6.03 Å². The number of likely N-dealkylation sites (N-methyl/N-ethyl adjacent to an activating group) is 1. The average Bonchev–Trinajstić information content (AvgIpc) is 2.90. The van der Waals surface area contributed by atoms with Gasteiger partial charge < -0.3 is 14.8 Å². The molecule has 1 heterocycles. The van der Waals surface area contributed by atoms with Crippen LogP contribution >= 0.6 is 15.9 Å². The number of carbonyl (C=O) groups is 2. The number of ether oxygens (including phenoxy) is 2. The summed E-state index contributed by atoms with van der Waals surface area (Å²) in [4.78, 5) is 24.8. The van der Waals surface area contributed by atoms with E-state index in [0.717, 1.165) is 14.9 Å². The van der Waals surface area contributed by atoms with Gasteiger partial charge in [-0.1, -0.05) is 45.8 Å². The molecule has 3 amide bonds. The topological polar surface area (TPSA) is 67.9 Å². The van der Waals surface area contributed by atoms with Crippen molar-refractivity contribution in [2.75, 3.05) is 13.7 Å². The SMILES string of the molecule is CCOc1cc(/C=C2/NC(=O)N(C)C2=O)c(Br)cc1OCc1cccc(C)c1. The van der Waals surface area contributed by atoms with Gasteiger partial charge in [0.1, 0.15) is 12.3 Å². The van der Waals surface area contributed by atoms with Crippen molar-refractivity contribution in [1.29, 1.82) is 0 Å². The molecule has 6 nitrogen and oxygen atoms in total. The van der Waals surface area contributed by atoms with E-state index in [1.807, 2.05) is 32.0 Å². The van der Waals surface area contributed by atoms with Crippen LogP contribution in [0.25, 0.3) is 6.08 Å². The highest BCUT2D eigenvalue weighted by atomic mass is 79.9. The van der Waals surface area contributed by atoms with Crippen LogP contribution in [0.3, 0.4) is 0 Å². The second kappa shape index (κ2) is 8.48. The van der Waals surface area contributed by atoms with Crippen molar-refractivity contribution in [2.24, 2.45) is 0 Å². The molecule has 1 saturated heterocycles.